The van der Waals surface area contributed by atoms with Gasteiger partial charge in [-0.15, -0.1) is 0 Å². The molecule has 5 rings (SSSR count). The molecule has 7 nitrogen and oxygen atoms in total. The van der Waals surface area contributed by atoms with Gasteiger partial charge >= 0.3 is 0 Å². The molecule has 0 aromatic rings. The van der Waals surface area contributed by atoms with Crippen LogP contribution in [0.2, 0.25) is 0 Å². The number of hydrogen-bond acceptors (Lipinski definition) is 7. The van der Waals surface area contributed by atoms with Gasteiger partial charge in [0.2, 0.25) is 0 Å². The molecule has 0 bridgehead atoms. The Kier molecular flexibility index (Phi) is 9.13. The molecule has 1 heterocycles. The smallest absolute Gasteiger partial charge is 0.186 e. The number of hydrogen-bond donors (Lipinski definition) is 5. The summed E-state index contributed by atoms with van der Waals surface area (Å²) in [7, 11) is 0. The van der Waals surface area contributed by atoms with E-state index in [9.17, 15) is 25.5 Å². The molecular weight excluding hydrogens is 544 g/mol. The Bertz CT molecular complexity index is 1030. The Morgan fingerprint density at radius 2 is 1.53 bits per heavy atom. The summed E-state index contributed by atoms with van der Waals surface area (Å²) in [5.74, 6) is 1.94. The van der Waals surface area contributed by atoms with Gasteiger partial charge < -0.3 is 35.0 Å². The molecule has 1 saturated heterocycles. The standard InChI is InChI=1S/C36H62O7/c1-21(2)10-9-16-36(8,41)23-13-18-34(6)22(23)11-12-26-33(5)17-15-27(32(3,4)25(33)14-19-35(26,34)7)43-31-30(40)29(39)28(38)24(20-37)42-31/h10,22-31,37-41H,9,11-20H2,1-8H3/t22-,23-,24+,25?,26?,27?,28+,29-,30+,31?,33-,34-,35+,36-/m0/s1. The molecule has 4 saturated carbocycles. The predicted molar refractivity (Wildman–Crippen MR) is 167 cm³/mol. The molecule has 4 aliphatic carbocycles. The molecule has 7 heteroatoms. The molecule has 0 amide bonds. The Balaban J connectivity index is 1.34. The zero-order valence-corrected chi connectivity index (χ0v) is 28.2. The number of fused-ring (bicyclic) bond motifs is 5. The maximum absolute atomic E-state index is 11.8. The summed E-state index contributed by atoms with van der Waals surface area (Å²) >= 11 is 0. The van der Waals surface area contributed by atoms with Crippen LogP contribution in [-0.4, -0.2) is 74.6 Å². The summed E-state index contributed by atoms with van der Waals surface area (Å²) in [6, 6.07) is 0. The zero-order valence-electron chi connectivity index (χ0n) is 28.2. The largest absolute Gasteiger partial charge is 0.394 e. The van der Waals surface area contributed by atoms with Gasteiger partial charge in [0, 0.05) is 0 Å². The van der Waals surface area contributed by atoms with Gasteiger partial charge in [-0.05, 0) is 130 Å². The van der Waals surface area contributed by atoms with Crippen molar-refractivity contribution in [3.05, 3.63) is 11.6 Å². The van der Waals surface area contributed by atoms with Crippen molar-refractivity contribution in [2.45, 2.75) is 162 Å². The van der Waals surface area contributed by atoms with Crippen molar-refractivity contribution in [3.8, 4) is 0 Å². The third kappa shape index (κ3) is 5.29. The van der Waals surface area contributed by atoms with Gasteiger partial charge in [-0.3, -0.25) is 0 Å². The summed E-state index contributed by atoms with van der Waals surface area (Å²) in [5.41, 5.74) is 1.08. The molecule has 43 heavy (non-hydrogen) atoms. The number of aliphatic hydroxyl groups is 5. The van der Waals surface area contributed by atoms with Gasteiger partial charge in [0.05, 0.1) is 18.3 Å². The fourth-order valence-corrected chi connectivity index (χ4v) is 11.9. The normalized spacial score (nSPS) is 50.6. The number of aliphatic hydroxyl groups excluding tert-OH is 4. The highest BCUT2D eigenvalue weighted by Gasteiger charge is 2.69. The first-order valence-corrected chi connectivity index (χ1v) is 17.3. The molecule has 0 spiro atoms. The minimum atomic E-state index is -1.43. The maximum atomic E-state index is 11.8. The lowest BCUT2D eigenvalue weighted by atomic mass is 9.35. The Hall–Kier alpha value is -0.540. The van der Waals surface area contributed by atoms with Gasteiger partial charge in [-0.1, -0.05) is 46.3 Å². The van der Waals surface area contributed by atoms with Crippen LogP contribution in [0.3, 0.4) is 0 Å². The molecule has 5 N–H and O–H groups in total. The second kappa shape index (κ2) is 11.6. The zero-order chi connectivity index (χ0) is 31.8. The molecule has 248 valence electrons. The third-order valence-corrected chi connectivity index (χ3v) is 14.5. The lowest BCUT2D eigenvalue weighted by Crippen LogP contribution is -2.65. The van der Waals surface area contributed by atoms with E-state index in [0.717, 1.165) is 38.5 Å². The van der Waals surface area contributed by atoms with E-state index < -0.39 is 42.9 Å². The first-order valence-electron chi connectivity index (χ1n) is 17.3. The highest BCUT2D eigenvalue weighted by atomic mass is 16.7. The summed E-state index contributed by atoms with van der Waals surface area (Å²) in [6.45, 7) is 18.2. The number of rotatable bonds is 7. The molecule has 14 atom stereocenters. The van der Waals surface area contributed by atoms with Gasteiger partial charge in [0.25, 0.3) is 0 Å². The molecule has 0 aromatic carbocycles. The topological polar surface area (TPSA) is 120 Å². The maximum Gasteiger partial charge on any atom is 0.186 e. The highest BCUT2D eigenvalue weighted by Crippen LogP contribution is 2.76. The molecule has 5 aliphatic rings. The van der Waals surface area contributed by atoms with Crippen LogP contribution in [0.5, 0.6) is 0 Å². The van der Waals surface area contributed by atoms with Crippen molar-refractivity contribution < 1.29 is 35.0 Å². The van der Waals surface area contributed by atoms with E-state index in [4.69, 9.17) is 9.47 Å². The van der Waals surface area contributed by atoms with E-state index in [1.54, 1.807) is 0 Å². The minimum Gasteiger partial charge on any atom is -0.394 e. The fraction of sp³-hybridized carbons (Fsp3) is 0.944. The van der Waals surface area contributed by atoms with E-state index in [1.165, 1.54) is 31.3 Å². The Morgan fingerprint density at radius 3 is 2.19 bits per heavy atom. The quantitative estimate of drug-likeness (QED) is 0.196. The van der Waals surface area contributed by atoms with Crippen LogP contribution in [0.25, 0.3) is 0 Å². The summed E-state index contributed by atoms with van der Waals surface area (Å²) < 4.78 is 12.2. The summed E-state index contributed by atoms with van der Waals surface area (Å²) in [5, 5.41) is 52.8. The van der Waals surface area contributed by atoms with Crippen molar-refractivity contribution in [2.24, 2.45) is 45.3 Å². The monoisotopic (exact) mass is 606 g/mol. The molecule has 1 aliphatic heterocycles. The second-order valence-corrected chi connectivity index (χ2v) is 17.2. The van der Waals surface area contributed by atoms with Gasteiger partial charge in [-0.25, -0.2) is 0 Å². The molecule has 0 radical (unpaired) electrons. The van der Waals surface area contributed by atoms with E-state index in [0.29, 0.717) is 23.7 Å². The van der Waals surface area contributed by atoms with Crippen molar-refractivity contribution in [2.75, 3.05) is 6.61 Å². The van der Waals surface area contributed by atoms with Crippen LogP contribution < -0.4 is 0 Å². The van der Waals surface area contributed by atoms with Gasteiger partial charge in [0.15, 0.2) is 6.29 Å². The molecular formula is C36H62O7. The van der Waals surface area contributed by atoms with Crippen molar-refractivity contribution in [1.29, 1.82) is 0 Å². The van der Waals surface area contributed by atoms with E-state index in [-0.39, 0.29) is 27.8 Å². The number of ether oxygens (including phenoxy) is 2. The van der Waals surface area contributed by atoms with Crippen LogP contribution in [0.4, 0.5) is 0 Å². The van der Waals surface area contributed by atoms with Crippen LogP contribution in [0.15, 0.2) is 11.6 Å². The van der Waals surface area contributed by atoms with Crippen LogP contribution in [-0.2, 0) is 9.47 Å². The average molecular weight is 607 g/mol. The highest BCUT2D eigenvalue weighted by molar-refractivity contribution is 5.18. The van der Waals surface area contributed by atoms with Crippen molar-refractivity contribution >= 4 is 0 Å². The predicted octanol–water partition coefficient (Wildman–Crippen LogP) is 5.35. The second-order valence-electron chi connectivity index (χ2n) is 17.2. The fourth-order valence-electron chi connectivity index (χ4n) is 11.9. The molecule has 0 aromatic heterocycles. The summed E-state index contributed by atoms with van der Waals surface area (Å²) in [6.07, 6.45) is 6.50. The first-order chi connectivity index (χ1) is 19.9. The van der Waals surface area contributed by atoms with Crippen LogP contribution in [0, 0.1) is 45.3 Å². The molecule has 5 fully saturated rings. The SMILES string of the molecule is CC(C)=CCC[C@](C)(O)[C@H]1CC[C@@]2(C)[C@H]1CCC1[C@@]3(C)CCC(OC4O[C@H](CO)[C@@H](O)[C@H](O)[C@H]4O)C(C)(C)C3CC[C@]12C. The Morgan fingerprint density at radius 1 is 0.860 bits per heavy atom. The van der Waals surface area contributed by atoms with E-state index in [2.05, 4.69) is 61.5 Å². The van der Waals surface area contributed by atoms with Gasteiger partial charge in [-0.2, -0.15) is 0 Å². The van der Waals surface area contributed by atoms with Crippen LogP contribution >= 0.6 is 0 Å². The van der Waals surface area contributed by atoms with Crippen LogP contribution in [0.1, 0.15) is 120 Å². The first kappa shape index (κ1) is 33.8. The van der Waals surface area contributed by atoms with Gasteiger partial charge in [0.1, 0.15) is 24.4 Å². The average Bonchev–Trinajstić information content (AvgIpc) is 3.29. The lowest BCUT2D eigenvalue weighted by Gasteiger charge is -2.70. The van der Waals surface area contributed by atoms with Crippen molar-refractivity contribution in [1.82, 2.24) is 0 Å². The number of allylic oxidation sites excluding steroid dienone is 2. The summed E-state index contributed by atoms with van der Waals surface area (Å²) in [4.78, 5) is 0. The lowest BCUT2D eigenvalue weighted by molar-refractivity contribution is -0.331. The minimum absolute atomic E-state index is 0.157. The van der Waals surface area contributed by atoms with Crippen molar-refractivity contribution in [3.63, 3.8) is 0 Å². The third-order valence-electron chi connectivity index (χ3n) is 14.5. The Labute approximate surface area is 260 Å². The van der Waals surface area contributed by atoms with E-state index in [1.807, 2.05) is 0 Å². The van der Waals surface area contributed by atoms with E-state index >= 15 is 0 Å². The molecule has 4 unspecified atom stereocenters.